The molecule has 4 amide bonds. The summed E-state index contributed by atoms with van der Waals surface area (Å²) in [4.78, 5) is 78.4. The lowest BCUT2D eigenvalue weighted by Gasteiger charge is -2.27. The number of hydrogen-bond donors (Lipinski definition) is 4. The Bertz CT molecular complexity index is 2070. The highest BCUT2D eigenvalue weighted by Gasteiger charge is 2.22. The third-order valence-electron chi connectivity index (χ3n) is 11.4. The van der Waals surface area contributed by atoms with Gasteiger partial charge in [-0.05, 0) is 115 Å². The average molecular weight is 947 g/mol. The quantitative estimate of drug-likeness (QED) is 0.0261. The molecule has 68 heavy (non-hydrogen) atoms. The van der Waals surface area contributed by atoms with Gasteiger partial charge in [0.2, 0.25) is 0 Å². The highest BCUT2D eigenvalue weighted by molar-refractivity contribution is 5.89. The van der Waals surface area contributed by atoms with Gasteiger partial charge in [0.05, 0.1) is 31.2 Å². The van der Waals surface area contributed by atoms with E-state index >= 15 is 0 Å². The van der Waals surface area contributed by atoms with Gasteiger partial charge in [-0.3, -0.25) is 24.2 Å². The molecule has 0 aliphatic carbocycles. The first-order chi connectivity index (χ1) is 32.3. The van der Waals surface area contributed by atoms with Gasteiger partial charge in [-0.2, -0.15) is 15.3 Å². The summed E-state index contributed by atoms with van der Waals surface area (Å²) in [5.74, 6) is -1.56. The standard InChI is InChI=1S/C50H74N8O10/c1-11-49(9,12-2)51-35(5)15-27-43(59)65-31-39-19-21-40(22-20-39)33-67-45(61)29-17-37(7)54-57-48(64)58-55-38(8)18-30-46(62)68-34-42-25-23-41(24-26-42)32-66-44(60)28-16-36(6)53-56-47(63)52-50(10,13-3)14-4/h19-26H,11-18,27-34H2,1-10H3,(H2,52,56,63)(H2,57,58,64). The summed E-state index contributed by atoms with van der Waals surface area (Å²) in [5, 5.41) is 14.9. The second kappa shape index (κ2) is 30.8. The van der Waals surface area contributed by atoms with E-state index in [4.69, 9.17) is 23.9 Å². The number of aliphatic imine (C=N–C) groups is 1. The van der Waals surface area contributed by atoms with Crippen molar-refractivity contribution in [2.45, 2.75) is 184 Å². The Morgan fingerprint density at radius 3 is 0.985 bits per heavy atom. The minimum absolute atomic E-state index is 0.0436. The predicted molar refractivity (Wildman–Crippen MR) is 263 cm³/mol. The predicted octanol–water partition coefficient (Wildman–Crippen LogP) is 9.02. The highest BCUT2D eigenvalue weighted by atomic mass is 16.5. The lowest BCUT2D eigenvalue weighted by molar-refractivity contribution is -0.145. The van der Waals surface area contributed by atoms with Crippen molar-refractivity contribution in [2.75, 3.05) is 0 Å². The molecule has 0 aliphatic heterocycles. The molecule has 2 rings (SSSR count). The van der Waals surface area contributed by atoms with Crippen LogP contribution in [0.2, 0.25) is 0 Å². The Morgan fingerprint density at radius 2 is 0.706 bits per heavy atom. The number of ether oxygens (including phenoxy) is 4. The molecule has 0 spiro atoms. The van der Waals surface area contributed by atoms with Gasteiger partial charge in [-0.15, -0.1) is 0 Å². The first-order valence-corrected chi connectivity index (χ1v) is 23.4. The molecule has 0 aromatic heterocycles. The van der Waals surface area contributed by atoms with E-state index in [0.717, 1.165) is 53.6 Å². The average Bonchev–Trinajstić information content (AvgIpc) is 3.34. The van der Waals surface area contributed by atoms with Crippen molar-refractivity contribution in [3.63, 3.8) is 0 Å². The lowest BCUT2D eigenvalue weighted by atomic mass is 9.96. The fraction of sp³-hybridized carbons (Fsp3) is 0.560. The zero-order chi connectivity index (χ0) is 50.5. The number of hydrogen-bond acceptors (Lipinski definition) is 14. The van der Waals surface area contributed by atoms with Crippen LogP contribution in [0.25, 0.3) is 0 Å². The van der Waals surface area contributed by atoms with E-state index in [-0.39, 0.29) is 82.0 Å². The monoisotopic (exact) mass is 947 g/mol. The number of hydrazone groups is 3. The van der Waals surface area contributed by atoms with Crippen molar-refractivity contribution in [3.8, 4) is 0 Å². The van der Waals surface area contributed by atoms with Crippen LogP contribution >= 0.6 is 0 Å². The van der Waals surface area contributed by atoms with Crippen LogP contribution < -0.4 is 21.6 Å². The molecule has 0 saturated heterocycles. The zero-order valence-electron chi connectivity index (χ0n) is 41.8. The highest BCUT2D eigenvalue weighted by Crippen LogP contribution is 2.20. The van der Waals surface area contributed by atoms with Gasteiger partial charge in [0.15, 0.2) is 0 Å². The van der Waals surface area contributed by atoms with Crippen molar-refractivity contribution in [1.82, 2.24) is 21.6 Å². The molecule has 18 heteroatoms. The van der Waals surface area contributed by atoms with E-state index in [2.05, 4.69) is 57.7 Å². The van der Waals surface area contributed by atoms with E-state index in [0.29, 0.717) is 30.0 Å². The SMILES string of the molecule is CCC(C)(CC)N=C(C)CCC(=O)OCc1ccc(COC(=O)CCC(C)=NNC(=O)NN=C(C)CCC(=O)OCc2ccc(COC(=O)CCC(C)=NNC(=O)NC(C)(CC)CC)cc2)cc1. The fourth-order valence-corrected chi connectivity index (χ4v) is 5.82. The first kappa shape index (κ1) is 57.7. The third-order valence-corrected chi connectivity index (χ3v) is 11.4. The molecule has 0 bridgehead atoms. The van der Waals surface area contributed by atoms with Crippen LogP contribution in [0.5, 0.6) is 0 Å². The van der Waals surface area contributed by atoms with Crippen molar-refractivity contribution in [3.05, 3.63) is 70.8 Å². The van der Waals surface area contributed by atoms with Gasteiger partial charge in [0.1, 0.15) is 26.4 Å². The first-order valence-electron chi connectivity index (χ1n) is 23.4. The summed E-state index contributed by atoms with van der Waals surface area (Å²) >= 11 is 0. The molecular weight excluding hydrogens is 873 g/mol. The molecule has 0 atom stereocenters. The number of urea groups is 2. The van der Waals surface area contributed by atoms with E-state index in [1.807, 2.05) is 52.0 Å². The summed E-state index contributed by atoms with van der Waals surface area (Å²) in [6.45, 7) is 19.7. The van der Waals surface area contributed by atoms with Gasteiger partial charge in [-0.1, -0.05) is 76.2 Å². The number of rotatable bonds is 29. The van der Waals surface area contributed by atoms with Crippen LogP contribution in [0.15, 0.2) is 68.8 Å². The van der Waals surface area contributed by atoms with Crippen molar-refractivity contribution in [2.24, 2.45) is 20.3 Å². The lowest BCUT2D eigenvalue weighted by Crippen LogP contribution is -2.48. The number of amides is 4. The Morgan fingerprint density at radius 1 is 0.426 bits per heavy atom. The number of nitrogens with one attached hydrogen (secondary N) is 4. The Kier molecular flexibility index (Phi) is 26.1. The van der Waals surface area contributed by atoms with Gasteiger partial charge < -0.3 is 24.3 Å². The second-order valence-electron chi connectivity index (χ2n) is 17.3. The van der Waals surface area contributed by atoms with Crippen LogP contribution in [0, 0.1) is 0 Å². The van der Waals surface area contributed by atoms with E-state index in [1.54, 1.807) is 45.0 Å². The van der Waals surface area contributed by atoms with E-state index < -0.39 is 30.0 Å². The molecule has 0 fully saturated rings. The van der Waals surface area contributed by atoms with Crippen LogP contribution in [-0.2, 0) is 64.6 Å². The Labute approximate surface area is 401 Å². The fourth-order valence-electron chi connectivity index (χ4n) is 5.82. The summed E-state index contributed by atoms with van der Waals surface area (Å²) in [6.07, 6.45) is 5.33. The maximum Gasteiger partial charge on any atom is 0.355 e. The van der Waals surface area contributed by atoms with E-state index in [1.165, 1.54) is 0 Å². The zero-order valence-corrected chi connectivity index (χ0v) is 41.8. The van der Waals surface area contributed by atoms with Crippen LogP contribution in [0.4, 0.5) is 9.59 Å². The van der Waals surface area contributed by atoms with Crippen LogP contribution in [0.3, 0.4) is 0 Å². The minimum Gasteiger partial charge on any atom is -0.461 e. The van der Waals surface area contributed by atoms with Gasteiger partial charge >= 0.3 is 35.9 Å². The Balaban J connectivity index is 1.60. The van der Waals surface area contributed by atoms with Crippen LogP contribution in [0.1, 0.15) is 169 Å². The number of esters is 4. The summed E-state index contributed by atoms with van der Waals surface area (Å²) < 4.78 is 21.5. The maximum atomic E-state index is 12.4. The van der Waals surface area contributed by atoms with Gasteiger partial charge in [0, 0.05) is 28.4 Å². The van der Waals surface area contributed by atoms with Gasteiger partial charge in [-0.25, -0.2) is 25.9 Å². The van der Waals surface area contributed by atoms with Crippen molar-refractivity contribution in [1.29, 1.82) is 0 Å². The number of benzene rings is 2. The normalized spacial score (nSPS) is 12.4. The second-order valence-corrected chi connectivity index (χ2v) is 17.3. The smallest absolute Gasteiger partial charge is 0.355 e. The summed E-state index contributed by atoms with van der Waals surface area (Å²) in [6, 6.07) is 13.3. The largest absolute Gasteiger partial charge is 0.461 e. The van der Waals surface area contributed by atoms with Crippen molar-refractivity contribution >= 4 is 58.8 Å². The summed E-state index contributed by atoms with van der Waals surface area (Å²) in [5.41, 5.74) is 12.3. The van der Waals surface area contributed by atoms with Crippen molar-refractivity contribution < 1.29 is 47.7 Å². The number of carbonyl (C=O) groups excluding carboxylic acids is 6. The molecule has 0 radical (unpaired) electrons. The Hall–Kier alpha value is -6.46. The molecule has 2 aromatic carbocycles. The molecule has 0 unspecified atom stereocenters. The number of carbonyl (C=O) groups is 6. The molecule has 0 aliphatic rings. The maximum absolute atomic E-state index is 12.4. The third kappa shape index (κ3) is 24.9. The number of nitrogens with zero attached hydrogens (tertiary/aromatic N) is 4. The summed E-state index contributed by atoms with van der Waals surface area (Å²) in [7, 11) is 0. The molecule has 0 saturated carbocycles. The van der Waals surface area contributed by atoms with Crippen LogP contribution in [-0.4, -0.2) is 69.9 Å². The van der Waals surface area contributed by atoms with Gasteiger partial charge in [0.25, 0.3) is 0 Å². The molecule has 4 N–H and O–H groups in total. The molecule has 18 nitrogen and oxygen atoms in total. The molecular formula is C50H74N8O10. The van der Waals surface area contributed by atoms with E-state index in [9.17, 15) is 28.8 Å². The topological polar surface area (TPSA) is 237 Å². The minimum atomic E-state index is -0.696. The molecule has 374 valence electrons. The molecule has 2 aromatic rings. The molecule has 0 heterocycles.